The molecule has 0 spiro atoms. The molecular formula is C22H21N3. The van der Waals surface area contributed by atoms with E-state index >= 15 is 0 Å². The fourth-order valence-electron chi connectivity index (χ4n) is 3.64. The molecule has 0 amide bonds. The van der Waals surface area contributed by atoms with Crippen LogP contribution in [0.25, 0.3) is 12.2 Å². The predicted molar refractivity (Wildman–Crippen MR) is 105 cm³/mol. The number of pyridine rings is 2. The van der Waals surface area contributed by atoms with E-state index < -0.39 is 0 Å². The van der Waals surface area contributed by atoms with Crippen LogP contribution >= 0.6 is 0 Å². The van der Waals surface area contributed by atoms with Gasteiger partial charge in [-0.3, -0.25) is 4.90 Å². The molecule has 1 aromatic carbocycles. The van der Waals surface area contributed by atoms with Crippen LogP contribution in [0.3, 0.4) is 0 Å². The Kier molecular flexibility index (Phi) is 3.65. The summed E-state index contributed by atoms with van der Waals surface area (Å²) in [4.78, 5) is 11.7. The Morgan fingerprint density at radius 2 is 1.44 bits per heavy atom. The zero-order valence-electron chi connectivity index (χ0n) is 15.0. The molecule has 0 atom stereocenters. The van der Waals surface area contributed by atoms with Gasteiger partial charge in [0.05, 0.1) is 5.69 Å². The molecule has 3 heteroatoms. The second-order valence-electron chi connectivity index (χ2n) is 6.76. The minimum Gasteiger partial charge on any atom is -0.277 e. The maximum Gasteiger partial charge on any atom is 0.146 e. The molecule has 4 rings (SSSR count). The van der Waals surface area contributed by atoms with Gasteiger partial charge >= 0.3 is 0 Å². The number of anilines is 3. The number of hydrogen-bond donors (Lipinski definition) is 0. The molecule has 0 N–H and O–H groups in total. The van der Waals surface area contributed by atoms with Gasteiger partial charge in [-0.15, -0.1) is 0 Å². The molecule has 0 radical (unpaired) electrons. The Balaban J connectivity index is 2.07. The van der Waals surface area contributed by atoms with Crippen molar-refractivity contribution in [1.29, 1.82) is 0 Å². The van der Waals surface area contributed by atoms with Gasteiger partial charge in [0.15, 0.2) is 0 Å². The molecule has 3 nitrogen and oxygen atoms in total. The summed E-state index contributed by atoms with van der Waals surface area (Å²) in [6, 6.07) is 10.7. The van der Waals surface area contributed by atoms with Gasteiger partial charge < -0.3 is 0 Å². The van der Waals surface area contributed by atoms with Crippen molar-refractivity contribution in [3.05, 3.63) is 76.1 Å². The number of aromatic nitrogens is 2. The Hall–Kier alpha value is -2.94. The molecule has 0 bridgehead atoms. The van der Waals surface area contributed by atoms with E-state index in [-0.39, 0.29) is 0 Å². The van der Waals surface area contributed by atoms with E-state index in [4.69, 9.17) is 9.97 Å². The third-order valence-corrected chi connectivity index (χ3v) is 4.57. The summed E-state index contributed by atoms with van der Waals surface area (Å²) >= 11 is 0. The third kappa shape index (κ3) is 2.62. The van der Waals surface area contributed by atoms with E-state index in [2.05, 4.69) is 69.0 Å². The molecule has 124 valence electrons. The average Bonchev–Trinajstić information content (AvgIpc) is 2.72. The summed E-state index contributed by atoms with van der Waals surface area (Å²) < 4.78 is 0. The lowest BCUT2D eigenvalue weighted by atomic mass is 10.0. The highest BCUT2D eigenvalue weighted by atomic mass is 15.2. The number of fused-ring (bicyclic) bond motifs is 2. The van der Waals surface area contributed by atoms with Crippen LogP contribution in [0, 0.1) is 27.7 Å². The first-order chi connectivity index (χ1) is 12.0. The van der Waals surface area contributed by atoms with Crippen molar-refractivity contribution in [2.45, 2.75) is 27.7 Å². The highest BCUT2D eigenvalue weighted by Gasteiger charge is 2.24. The van der Waals surface area contributed by atoms with Gasteiger partial charge in [0, 0.05) is 23.5 Å². The van der Waals surface area contributed by atoms with Gasteiger partial charge in [-0.25, -0.2) is 9.97 Å². The Morgan fingerprint density at radius 3 is 2.20 bits per heavy atom. The van der Waals surface area contributed by atoms with Crippen LogP contribution in [0.1, 0.15) is 33.4 Å². The second kappa shape index (κ2) is 5.85. The van der Waals surface area contributed by atoms with Gasteiger partial charge in [0.1, 0.15) is 11.6 Å². The summed E-state index contributed by atoms with van der Waals surface area (Å²) in [5.41, 5.74) is 8.24. The lowest BCUT2D eigenvalue weighted by molar-refractivity contribution is 1.09. The maximum absolute atomic E-state index is 4.77. The molecule has 3 aromatic rings. The highest BCUT2D eigenvalue weighted by molar-refractivity contribution is 5.91. The minimum absolute atomic E-state index is 0.920. The molecule has 0 saturated heterocycles. The number of hydrogen-bond acceptors (Lipinski definition) is 3. The van der Waals surface area contributed by atoms with E-state index in [1.54, 1.807) is 0 Å². The molecule has 1 aliphatic heterocycles. The standard InChI is InChI=1S/C22H21N3/c1-14-10-16(3)20(17(4)11-14)25-21-18(6-5-9-23-21)7-8-19-12-15(2)13-24-22(19)25/h5-13H,1-4H3. The fraction of sp³-hybridized carbons (Fsp3) is 0.182. The average molecular weight is 327 g/mol. The van der Waals surface area contributed by atoms with Gasteiger partial charge in [-0.05, 0) is 62.6 Å². The highest BCUT2D eigenvalue weighted by Crippen LogP contribution is 2.42. The van der Waals surface area contributed by atoms with Crippen molar-refractivity contribution in [3.63, 3.8) is 0 Å². The van der Waals surface area contributed by atoms with Crippen molar-refractivity contribution >= 4 is 29.5 Å². The molecule has 3 heterocycles. The Labute approximate surface area is 148 Å². The third-order valence-electron chi connectivity index (χ3n) is 4.57. The Bertz CT molecular complexity index is 979. The monoisotopic (exact) mass is 327 g/mol. The molecule has 0 fully saturated rings. The smallest absolute Gasteiger partial charge is 0.146 e. The largest absolute Gasteiger partial charge is 0.277 e. The molecule has 0 unspecified atom stereocenters. The van der Waals surface area contributed by atoms with Crippen molar-refractivity contribution in [2.24, 2.45) is 0 Å². The van der Waals surface area contributed by atoms with Crippen molar-refractivity contribution in [2.75, 3.05) is 4.90 Å². The molecule has 1 aliphatic rings. The van der Waals surface area contributed by atoms with Crippen molar-refractivity contribution in [1.82, 2.24) is 9.97 Å². The van der Waals surface area contributed by atoms with Crippen molar-refractivity contribution < 1.29 is 0 Å². The SMILES string of the molecule is Cc1cc(C)c(N2c3ncccc3C=Cc3cc(C)cnc32)c(C)c1. The first kappa shape index (κ1) is 15.6. The summed E-state index contributed by atoms with van der Waals surface area (Å²) in [6.07, 6.45) is 8.03. The minimum atomic E-state index is 0.920. The summed E-state index contributed by atoms with van der Waals surface area (Å²) in [7, 11) is 0. The lowest BCUT2D eigenvalue weighted by Gasteiger charge is -2.28. The fourth-order valence-corrected chi connectivity index (χ4v) is 3.64. The lowest BCUT2D eigenvalue weighted by Crippen LogP contribution is -2.17. The number of nitrogens with zero attached hydrogens (tertiary/aromatic N) is 3. The zero-order chi connectivity index (χ0) is 17.6. The molecule has 0 aliphatic carbocycles. The number of benzene rings is 1. The zero-order valence-corrected chi connectivity index (χ0v) is 15.0. The molecular weight excluding hydrogens is 306 g/mol. The second-order valence-corrected chi connectivity index (χ2v) is 6.76. The van der Waals surface area contributed by atoms with E-state index in [1.807, 2.05) is 18.5 Å². The van der Waals surface area contributed by atoms with Crippen LogP contribution < -0.4 is 4.90 Å². The first-order valence-electron chi connectivity index (χ1n) is 8.52. The van der Waals surface area contributed by atoms with E-state index in [1.165, 1.54) is 16.7 Å². The van der Waals surface area contributed by atoms with Gasteiger partial charge in [-0.1, -0.05) is 29.8 Å². The van der Waals surface area contributed by atoms with Crippen LogP contribution in [-0.4, -0.2) is 9.97 Å². The van der Waals surface area contributed by atoms with E-state index in [9.17, 15) is 0 Å². The van der Waals surface area contributed by atoms with Crippen LogP contribution in [0.5, 0.6) is 0 Å². The number of aryl methyl sites for hydroxylation is 4. The quantitative estimate of drug-likeness (QED) is 0.451. The maximum atomic E-state index is 4.77. The summed E-state index contributed by atoms with van der Waals surface area (Å²) in [5.74, 6) is 1.85. The van der Waals surface area contributed by atoms with Gasteiger partial charge in [0.25, 0.3) is 0 Å². The van der Waals surface area contributed by atoms with Crippen LogP contribution in [-0.2, 0) is 0 Å². The molecule has 25 heavy (non-hydrogen) atoms. The normalized spacial score (nSPS) is 12.6. The Morgan fingerprint density at radius 1 is 0.760 bits per heavy atom. The van der Waals surface area contributed by atoms with E-state index in [0.29, 0.717) is 0 Å². The molecule has 0 saturated carbocycles. The predicted octanol–water partition coefficient (Wildman–Crippen LogP) is 5.66. The van der Waals surface area contributed by atoms with Crippen LogP contribution in [0.15, 0.2) is 42.7 Å². The van der Waals surface area contributed by atoms with Gasteiger partial charge in [-0.2, -0.15) is 0 Å². The summed E-state index contributed by atoms with van der Waals surface area (Å²) in [6.45, 7) is 8.52. The van der Waals surface area contributed by atoms with Crippen LogP contribution in [0.2, 0.25) is 0 Å². The van der Waals surface area contributed by atoms with E-state index in [0.717, 1.165) is 34.0 Å². The molecule has 2 aromatic heterocycles. The topological polar surface area (TPSA) is 29.0 Å². The first-order valence-corrected chi connectivity index (χ1v) is 8.52. The van der Waals surface area contributed by atoms with Gasteiger partial charge in [0.2, 0.25) is 0 Å². The summed E-state index contributed by atoms with van der Waals surface area (Å²) in [5, 5.41) is 0. The van der Waals surface area contributed by atoms with Crippen molar-refractivity contribution in [3.8, 4) is 0 Å². The van der Waals surface area contributed by atoms with Crippen LogP contribution in [0.4, 0.5) is 17.3 Å². The number of rotatable bonds is 1.